The summed E-state index contributed by atoms with van der Waals surface area (Å²) in [5.41, 5.74) is 13.7. The number of rotatable bonds is 12. The summed E-state index contributed by atoms with van der Waals surface area (Å²) in [6.45, 7) is 0.200. The van der Waals surface area contributed by atoms with Gasteiger partial charge in [0.25, 0.3) is 0 Å². The van der Waals surface area contributed by atoms with Crippen molar-refractivity contribution >= 4 is 28.8 Å². The molecule has 33 heavy (non-hydrogen) atoms. The standard InChI is InChI=1S/C25H28N2O6/c26-21(10-6-12-24(29)32-15-17-7-2-1-3-8-17)25(30)33-19(14-23(27)28)13-18-16-31-22-11-5-4-9-20(18)22/h1-5,7-9,11,16,19,21H,6,10,12-15,26H2,(H2,27,28)/t19-,21-/m0/s1. The third-order valence-corrected chi connectivity index (χ3v) is 5.16. The van der Waals surface area contributed by atoms with Crippen LogP contribution in [0.15, 0.2) is 65.3 Å². The third kappa shape index (κ3) is 7.47. The lowest BCUT2D eigenvalue weighted by Crippen LogP contribution is -2.37. The van der Waals surface area contributed by atoms with Gasteiger partial charge in [0.2, 0.25) is 5.91 Å². The summed E-state index contributed by atoms with van der Waals surface area (Å²) in [5, 5.41) is 0.876. The molecular formula is C25H28N2O6. The van der Waals surface area contributed by atoms with Gasteiger partial charge in [-0.3, -0.25) is 14.4 Å². The minimum absolute atomic E-state index is 0.135. The van der Waals surface area contributed by atoms with E-state index in [2.05, 4.69) is 0 Å². The number of hydrogen-bond donors (Lipinski definition) is 2. The molecule has 0 unspecified atom stereocenters. The molecule has 0 aliphatic carbocycles. The Kier molecular flexibility index (Phi) is 8.60. The summed E-state index contributed by atoms with van der Waals surface area (Å²) >= 11 is 0. The Morgan fingerprint density at radius 1 is 1.00 bits per heavy atom. The molecule has 0 spiro atoms. The molecule has 0 saturated carbocycles. The van der Waals surface area contributed by atoms with E-state index in [4.69, 9.17) is 25.4 Å². The molecule has 4 N–H and O–H groups in total. The molecule has 1 heterocycles. The Morgan fingerprint density at radius 3 is 2.48 bits per heavy atom. The molecule has 0 fully saturated rings. The third-order valence-electron chi connectivity index (χ3n) is 5.16. The van der Waals surface area contributed by atoms with Crippen LogP contribution in [0.4, 0.5) is 0 Å². The highest BCUT2D eigenvalue weighted by Gasteiger charge is 2.23. The molecule has 8 nitrogen and oxygen atoms in total. The lowest BCUT2D eigenvalue weighted by Gasteiger charge is -2.19. The summed E-state index contributed by atoms with van der Waals surface area (Å²) in [6.07, 6.45) is 1.70. The number of furan rings is 1. The molecule has 0 bridgehead atoms. The molecule has 174 valence electrons. The van der Waals surface area contributed by atoms with Gasteiger partial charge in [0.1, 0.15) is 24.3 Å². The van der Waals surface area contributed by atoms with Crippen molar-refractivity contribution < 1.29 is 28.3 Å². The van der Waals surface area contributed by atoms with Crippen LogP contribution >= 0.6 is 0 Å². The van der Waals surface area contributed by atoms with Gasteiger partial charge in [-0.15, -0.1) is 0 Å². The highest BCUT2D eigenvalue weighted by atomic mass is 16.5. The van der Waals surface area contributed by atoms with E-state index < -0.39 is 24.0 Å². The first-order valence-corrected chi connectivity index (χ1v) is 10.8. The first-order chi connectivity index (χ1) is 15.9. The van der Waals surface area contributed by atoms with E-state index in [9.17, 15) is 14.4 Å². The number of esters is 2. The molecule has 0 aliphatic rings. The molecule has 0 saturated heterocycles. The largest absolute Gasteiger partial charge is 0.464 e. The van der Waals surface area contributed by atoms with Crippen LogP contribution in [0.25, 0.3) is 11.0 Å². The predicted octanol–water partition coefficient (Wildman–Crippen LogP) is 3.00. The number of amides is 1. The van der Waals surface area contributed by atoms with Crippen molar-refractivity contribution in [3.8, 4) is 0 Å². The van der Waals surface area contributed by atoms with Crippen molar-refractivity contribution in [2.24, 2.45) is 11.5 Å². The lowest BCUT2D eigenvalue weighted by atomic mass is 10.0. The van der Waals surface area contributed by atoms with E-state index in [-0.39, 0.29) is 38.3 Å². The van der Waals surface area contributed by atoms with E-state index in [1.165, 1.54) is 0 Å². The Labute approximate surface area is 191 Å². The van der Waals surface area contributed by atoms with Gasteiger partial charge >= 0.3 is 11.9 Å². The van der Waals surface area contributed by atoms with Crippen LogP contribution in [0.3, 0.4) is 0 Å². The zero-order valence-corrected chi connectivity index (χ0v) is 18.3. The Hall–Kier alpha value is -3.65. The van der Waals surface area contributed by atoms with Crippen molar-refractivity contribution in [2.75, 3.05) is 0 Å². The minimum atomic E-state index is -0.927. The number of fused-ring (bicyclic) bond motifs is 1. The van der Waals surface area contributed by atoms with Crippen molar-refractivity contribution in [2.45, 2.75) is 50.9 Å². The van der Waals surface area contributed by atoms with Crippen molar-refractivity contribution in [3.63, 3.8) is 0 Å². The molecule has 2 atom stereocenters. The zero-order valence-electron chi connectivity index (χ0n) is 18.3. The second kappa shape index (κ2) is 11.8. The normalized spacial score (nSPS) is 12.8. The average Bonchev–Trinajstić information content (AvgIpc) is 3.20. The molecule has 3 rings (SSSR count). The maximum atomic E-state index is 12.5. The molecular weight excluding hydrogens is 424 g/mol. The topological polar surface area (TPSA) is 135 Å². The van der Waals surface area contributed by atoms with Crippen molar-refractivity contribution in [3.05, 3.63) is 72.0 Å². The van der Waals surface area contributed by atoms with Crippen LogP contribution in [-0.4, -0.2) is 30.0 Å². The summed E-state index contributed by atoms with van der Waals surface area (Å²) in [5.74, 6) is -1.60. The fraction of sp³-hybridized carbons (Fsp3) is 0.320. The molecule has 0 aliphatic heterocycles. The smallest absolute Gasteiger partial charge is 0.323 e. The molecule has 1 amide bonds. The fourth-order valence-electron chi connectivity index (χ4n) is 3.46. The number of ether oxygens (including phenoxy) is 2. The first-order valence-electron chi connectivity index (χ1n) is 10.8. The van der Waals surface area contributed by atoms with E-state index in [1.807, 2.05) is 54.6 Å². The fourth-order valence-corrected chi connectivity index (χ4v) is 3.46. The molecule has 0 radical (unpaired) electrons. The van der Waals surface area contributed by atoms with Gasteiger partial charge in [-0.1, -0.05) is 48.5 Å². The van der Waals surface area contributed by atoms with Gasteiger partial charge in [-0.2, -0.15) is 0 Å². The zero-order chi connectivity index (χ0) is 23.6. The minimum Gasteiger partial charge on any atom is -0.464 e. The summed E-state index contributed by atoms with van der Waals surface area (Å²) < 4.78 is 16.2. The number of carbonyl (C=O) groups excluding carboxylic acids is 3. The lowest BCUT2D eigenvalue weighted by molar-refractivity contribution is -0.152. The highest BCUT2D eigenvalue weighted by molar-refractivity contribution is 5.81. The Morgan fingerprint density at radius 2 is 1.73 bits per heavy atom. The maximum Gasteiger partial charge on any atom is 0.323 e. The van der Waals surface area contributed by atoms with Crippen molar-refractivity contribution in [1.82, 2.24) is 0 Å². The van der Waals surface area contributed by atoms with Crippen LogP contribution in [0.2, 0.25) is 0 Å². The van der Waals surface area contributed by atoms with E-state index in [0.717, 1.165) is 16.5 Å². The molecule has 8 heteroatoms. The number of benzene rings is 2. The number of hydrogen-bond acceptors (Lipinski definition) is 7. The van der Waals surface area contributed by atoms with Crippen LogP contribution in [0.5, 0.6) is 0 Å². The summed E-state index contributed by atoms with van der Waals surface area (Å²) in [7, 11) is 0. The van der Waals surface area contributed by atoms with Gasteiger partial charge in [-0.05, 0) is 24.5 Å². The van der Waals surface area contributed by atoms with Gasteiger partial charge < -0.3 is 25.4 Å². The van der Waals surface area contributed by atoms with Crippen LogP contribution < -0.4 is 11.5 Å². The monoisotopic (exact) mass is 452 g/mol. The second-order valence-corrected chi connectivity index (χ2v) is 7.84. The maximum absolute atomic E-state index is 12.5. The van der Waals surface area contributed by atoms with Crippen LogP contribution in [-0.2, 0) is 36.9 Å². The number of primary amides is 1. The Balaban J connectivity index is 1.46. The average molecular weight is 453 g/mol. The second-order valence-electron chi connectivity index (χ2n) is 7.84. The van der Waals surface area contributed by atoms with Crippen LogP contribution in [0.1, 0.15) is 36.8 Å². The van der Waals surface area contributed by atoms with Gasteiger partial charge in [-0.25, -0.2) is 0 Å². The quantitative estimate of drug-likeness (QED) is 0.403. The van der Waals surface area contributed by atoms with Gasteiger partial charge in [0.15, 0.2) is 0 Å². The van der Waals surface area contributed by atoms with E-state index in [0.29, 0.717) is 12.0 Å². The van der Waals surface area contributed by atoms with E-state index in [1.54, 1.807) is 6.26 Å². The number of nitrogens with two attached hydrogens (primary N) is 2. The molecule has 1 aromatic heterocycles. The first kappa shape index (κ1) is 24.0. The van der Waals surface area contributed by atoms with Gasteiger partial charge in [0.05, 0.1) is 12.7 Å². The van der Waals surface area contributed by atoms with Gasteiger partial charge in [0, 0.05) is 23.8 Å². The summed E-state index contributed by atoms with van der Waals surface area (Å²) in [4.78, 5) is 35.9. The summed E-state index contributed by atoms with van der Waals surface area (Å²) in [6, 6.07) is 15.9. The molecule has 2 aromatic carbocycles. The number of carbonyl (C=O) groups is 3. The van der Waals surface area contributed by atoms with Crippen LogP contribution in [0, 0.1) is 0 Å². The number of para-hydroxylation sites is 1. The Bertz CT molecular complexity index is 1080. The SMILES string of the molecule is NC(=O)C[C@H](Cc1coc2ccccc12)OC(=O)[C@@H](N)CCCC(=O)OCc1ccccc1. The van der Waals surface area contributed by atoms with Crippen molar-refractivity contribution in [1.29, 1.82) is 0 Å². The molecule has 3 aromatic rings. The predicted molar refractivity (Wildman–Crippen MR) is 122 cm³/mol. The van der Waals surface area contributed by atoms with E-state index >= 15 is 0 Å². The highest BCUT2D eigenvalue weighted by Crippen LogP contribution is 2.23.